The summed E-state index contributed by atoms with van der Waals surface area (Å²) in [6.07, 6.45) is 13.3. The molecule has 61 heavy (non-hydrogen) atoms. The number of amides is 1. The van der Waals surface area contributed by atoms with E-state index in [1.54, 1.807) is 17.0 Å². The Bertz CT molecular complexity index is 1900. The van der Waals surface area contributed by atoms with Gasteiger partial charge in [0.15, 0.2) is 17.5 Å². The molecular formula is C47H66N6O6S2. The minimum Gasteiger partial charge on any atom is -0.504 e. The third-order valence-electron chi connectivity index (χ3n) is 12.3. The molecule has 2 aromatic carbocycles. The number of aromatic hydroxyl groups is 1. The number of aliphatic hydroxyl groups excluding tert-OH is 1. The van der Waals surface area contributed by atoms with Gasteiger partial charge in [-0.15, -0.1) is 0 Å². The van der Waals surface area contributed by atoms with Crippen molar-refractivity contribution < 1.29 is 29.3 Å². The number of aryl methyl sites for hydroxylation is 2. The summed E-state index contributed by atoms with van der Waals surface area (Å²) in [5, 5.41) is 26.2. The second-order valence-corrected chi connectivity index (χ2v) is 19.9. The van der Waals surface area contributed by atoms with Gasteiger partial charge < -0.3 is 41.4 Å². The molecule has 12 nitrogen and oxygen atoms in total. The predicted molar refractivity (Wildman–Crippen MR) is 246 cm³/mol. The average Bonchev–Trinajstić information content (AvgIpc) is 3.85. The van der Waals surface area contributed by atoms with Gasteiger partial charge in [0, 0.05) is 62.3 Å². The molecular weight excluding hydrogens is 809 g/mol. The van der Waals surface area contributed by atoms with E-state index in [0.29, 0.717) is 92.9 Å². The van der Waals surface area contributed by atoms with Gasteiger partial charge in [0.25, 0.3) is 0 Å². The number of phenols is 1. The number of hydrogen-bond acceptors (Lipinski definition) is 13. The van der Waals surface area contributed by atoms with Crippen molar-refractivity contribution in [2.75, 3.05) is 30.5 Å². The number of aliphatic hydroxyl groups is 1. The number of benzene rings is 2. The lowest BCUT2D eigenvalue weighted by Crippen LogP contribution is -2.37. The molecule has 1 amide bonds. The molecule has 2 aliphatic heterocycles. The summed E-state index contributed by atoms with van der Waals surface area (Å²) in [5.41, 5.74) is 15.9. The Morgan fingerprint density at radius 3 is 2.56 bits per heavy atom. The van der Waals surface area contributed by atoms with Crippen molar-refractivity contribution in [2.24, 2.45) is 22.1 Å². The number of ether oxygens (including phenoxy) is 2. The smallest absolute Gasteiger partial charge is 0.302 e. The molecule has 3 aliphatic rings. The Labute approximate surface area is 369 Å². The highest BCUT2D eigenvalue weighted by molar-refractivity contribution is 8.76. The number of rotatable bonds is 8. The van der Waals surface area contributed by atoms with Crippen molar-refractivity contribution in [3.05, 3.63) is 83.0 Å². The Balaban J connectivity index is 1.23. The van der Waals surface area contributed by atoms with Crippen LogP contribution in [0, 0.1) is 11.3 Å². The Morgan fingerprint density at radius 2 is 1.77 bits per heavy atom. The van der Waals surface area contributed by atoms with Crippen molar-refractivity contribution in [2.45, 2.75) is 135 Å². The van der Waals surface area contributed by atoms with Crippen LogP contribution in [0.15, 0.2) is 65.8 Å². The summed E-state index contributed by atoms with van der Waals surface area (Å²) in [6, 6.07) is 18.3. The summed E-state index contributed by atoms with van der Waals surface area (Å²) < 4.78 is 12.2. The number of phenolic OH excluding ortho intramolecular Hbond substituents is 1. The molecule has 1 aliphatic carbocycles. The van der Waals surface area contributed by atoms with Crippen LogP contribution in [0.1, 0.15) is 113 Å². The molecule has 1 saturated heterocycles. The van der Waals surface area contributed by atoms with Gasteiger partial charge in [-0.2, -0.15) is 0 Å². The van der Waals surface area contributed by atoms with E-state index in [1.165, 1.54) is 12.5 Å². The van der Waals surface area contributed by atoms with E-state index in [9.17, 15) is 19.8 Å². The SMILES string of the molecule is CC(=O)O[C@@H]1CCc2cc(c(O)c(OC3CCCC3)c2)CN2C[C@](Cc3ccnc(N)c3)(CCNC(N)=NCSSC[C@@H](CCc3ccccc3)CCCC[C@H](O)C1)CC2=O. The van der Waals surface area contributed by atoms with Gasteiger partial charge in [0.2, 0.25) is 5.91 Å². The summed E-state index contributed by atoms with van der Waals surface area (Å²) in [7, 11) is 3.52. The molecule has 3 aromatic rings. The van der Waals surface area contributed by atoms with Crippen LogP contribution in [0.4, 0.5) is 5.82 Å². The molecule has 1 saturated carbocycles. The lowest BCUT2D eigenvalue weighted by molar-refractivity contribution is -0.148. The van der Waals surface area contributed by atoms with E-state index in [-0.39, 0.29) is 30.3 Å². The van der Waals surface area contributed by atoms with Gasteiger partial charge in [-0.25, -0.2) is 9.98 Å². The number of fused-ring (bicyclic) bond motifs is 4. The van der Waals surface area contributed by atoms with Crippen molar-refractivity contribution in [1.82, 2.24) is 15.2 Å². The number of carbonyl (C=O) groups is 2. The number of nitrogens with two attached hydrogens (primary N) is 2. The molecule has 332 valence electrons. The predicted octanol–water partition coefficient (Wildman–Crippen LogP) is 7.72. The zero-order valence-corrected chi connectivity index (χ0v) is 37.4. The molecule has 2 fully saturated rings. The Hall–Kier alpha value is -4.14. The molecule has 4 atom stereocenters. The fourth-order valence-corrected chi connectivity index (χ4v) is 11.3. The minimum absolute atomic E-state index is 0.00324. The Kier molecular flexibility index (Phi) is 17.7. The van der Waals surface area contributed by atoms with Crippen LogP contribution in [0.2, 0.25) is 0 Å². The lowest BCUT2D eigenvalue weighted by atomic mass is 9.78. The first-order chi connectivity index (χ1) is 29.5. The second-order valence-electron chi connectivity index (χ2n) is 17.4. The third-order valence-corrected chi connectivity index (χ3v) is 14.6. The number of aromatic nitrogens is 1. The minimum atomic E-state index is -0.603. The van der Waals surface area contributed by atoms with Gasteiger partial charge in [-0.3, -0.25) is 9.59 Å². The number of anilines is 1. The van der Waals surface area contributed by atoms with Crippen LogP contribution in [0.5, 0.6) is 11.5 Å². The first kappa shape index (κ1) is 46.4. The molecule has 6 rings (SSSR count). The molecule has 0 radical (unpaired) electrons. The van der Waals surface area contributed by atoms with Crippen molar-refractivity contribution in [3.8, 4) is 11.5 Å². The molecule has 14 heteroatoms. The van der Waals surface area contributed by atoms with Crippen molar-refractivity contribution in [1.29, 1.82) is 0 Å². The van der Waals surface area contributed by atoms with Gasteiger partial charge in [0.1, 0.15) is 11.9 Å². The summed E-state index contributed by atoms with van der Waals surface area (Å²) in [4.78, 5) is 36.9. The van der Waals surface area contributed by atoms with Gasteiger partial charge >= 0.3 is 5.97 Å². The number of hydrogen-bond donors (Lipinski definition) is 5. The molecule has 0 unspecified atom stereocenters. The van der Waals surface area contributed by atoms with Crippen molar-refractivity contribution in [3.63, 3.8) is 0 Å². The number of nitrogens with one attached hydrogen (secondary N) is 1. The fourth-order valence-electron chi connectivity index (χ4n) is 9.15. The highest BCUT2D eigenvalue weighted by atomic mass is 33.1. The largest absolute Gasteiger partial charge is 0.504 e. The first-order valence-corrected chi connectivity index (χ1v) is 24.7. The average molecular weight is 875 g/mol. The maximum absolute atomic E-state index is 14.0. The van der Waals surface area contributed by atoms with Gasteiger partial charge in [-0.1, -0.05) is 70.8 Å². The number of pyridine rings is 1. The van der Waals surface area contributed by atoms with Crippen LogP contribution in [0.3, 0.4) is 0 Å². The molecule has 7 N–H and O–H groups in total. The van der Waals surface area contributed by atoms with E-state index in [2.05, 4.69) is 45.6 Å². The lowest BCUT2D eigenvalue weighted by Gasteiger charge is -2.30. The van der Waals surface area contributed by atoms with Crippen LogP contribution >= 0.6 is 21.6 Å². The third kappa shape index (κ3) is 15.0. The second kappa shape index (κ2) is 23.3. The molecule has 0 spiro atoms. The number of guanidine groups is 1. The van der Waals surface area contributed by atoms with Crippen LogP contribution < -0.4 is 21.5 Å². The quantitative estimate of drug-likeness (QED) is 0.110. The fraction of sp³-hybridized carbons (Fsp3) is 0.574. The topological polar surface area (TPSA) is 186 Å². The zero-order chi connectivity index (χ0) is 43.0. The number of nitrogen functional groups attached to an aromatic ring is 1. The van der Waals surface area contributed by atoms with Crippen LogP contribution in [-0.2, 0) is 40.1 Å². The van der Waals surface area contributed by atoms with E-state index in [4.69, 9.17) is 20.9 Å². The first-order valence-electron chi connectivity index (χ1n) is 22.2. The highest BCUT2D eigenvalue weighted by Crippen LogP contribution is 2.42. The maximum Gasteiger partial charge on any atom is 0.302 e. The molecule has 1 aromatic heterocycles. The van der Waals surface area contributed by atoms with Crippen molar-refractivity contribution >= 4 is 45.2 Å². The van der Waals surface area contributed by atoms with Crippen LogP contribution in [0.25, 0.3) is 0 Å². The maximum atomic E-state index is 14.0. The highest BCUT2D eigenvalue weighted by Gasteiger charge is 2.43. The summed E-state index contributed by atoms with van der Waals surface area (Å²) in [6.45, 7) is 2.63. The normalized spacial score (nSPS) is 24.4. The van der Waals surface area contributed by atoms with E-state index in [1.807, 2.05) is 40.0 Å². The van der Waals surface area contributed by atoms with Crippen LogP contribution in [-0.4, -0.2) is 81.0 Å². The van der Waals surface area contributed by atoms with E-state index >= 15 is 0 Å². The Morgan fingerprint density at radius 1 is 0.984 bits per heavy atom. The number of nitrogens with zero attached hydrogens (tertiary/aromatic N) is 3. The number of aliphatic imine (C=N–C) groups is 1. The molecule has 3 heterocycles. The van der Waals surface area contributed by atoms with Gasteiger partial charge in [-0.05, 0) is 118 Å². The van der Waals surface area contributed by atoms with Gasteiger partial charge in [0.05, 0.1) is 18.1 Å². The van der Waals surface area contributed by atoms with E-state index < -0.39 is 17.6 Å². The number of carbonyl (C=O) groups excluding carboxylic acids is 2. The zero-order valence-electron chi connectivity index (χ0n) is 35.8. The van der Waals surface area contributed by atoms with E-state index in [0.717, 1.165) is 74.7 Å². The number of esters is 1. The summed E-state index contributed by atoms with van der Waals surface area (Å²) >= 11 is 0. The standard InChI is InChI=1S/C47H66N6O6S2/c1-33(54)58-41-18-17-36-23-38(45(57)42(24-36)59-40-13-7-8-14-40)29-53-31-47(28-44(53)56,27-37-19-21-50-43(48)25-37)20-22-51-46(49)52-32-61-60-30-35(11-5-6-12-39(55)26-41)16-15-34-9-3-2-4-10-34/h2-4,9-10,19,21,23-25,35,39-41,55,57H,5-8,11-18,20,22,26-32H2,1H3,(H2,48,50)(H3,49,51,52)/t35-,39+,41-,47+/m1/s1. The molecule has 4 bridgehead atoms. The summed E-state index contributed by atoms with van der Waals surface area (Å²) in [5.74, 6) is 2.93. The monoisotopic (exact) mass is 874 g/mol.